The molecule has 2 heterocycles. The monoisotopic (exact) mass is 415 g/mol. The number of fused-ring (bicyclic) bond motifs is 1. The van der Waals surface area contributed by atoms with Gasteiger partial charge in [0.15, 0.2) is 5.82 Å². The van der Waals surface area contributed by atoms with Gasteiger partial charge < -0.3 is 9.47 Å². The Labute approximate surface area is 182 Å². The molecule has 0 saturated carbocycles. The number of carbonyl (C=O) groups excluding carboxylic acids is 1. The highest BCUT2D eigenvalue weighted by molar-refractivity contribution is 6.13. The van der Waals surface area contributed by atoms with Crippen LogP contribution in [0.5, 0.6) is 5.75 Å². The largest absolute Gasteiger partial charge is 0.489 e. The fourth-order valence-corrected chi connectivity index (χ4v) is 3.28. The molecule has 0 bridgehead atoms. The van der Waals surface area contributed by atoms with E-state index in [1.165, 1.54) is 0 Å². The van der Waals surface area contributed by atoms with Gasteiger partial charge in [-0.1, -0.05) is 60.7 Å². The standard InChI is InChI=1S/C25H25N3O3/c1-25(2,3)31-24(29)28-14-15-30-21-16-22(26-17-20(21)28)27-23(18-10-6-4-7-11-18)19-12-8-5-9-13-19/h4-13,16-17H,14-15H2,1-3H3. The lowest BCUT2D eigenvalue weighted by Crippen LogP contribution is -2.41. The van der Waals surface area contributed by atoms with Crippen LogP contribution in [-0.2, 0) is 4.74 Å². The summed E-state index contributed by atoms with van der Waals surface area (Å²) in [5.74, 6) is 1.07. The first-order valence-electron chi connectivity index (χ1n) is 10.2. The molecule has 0 atom stereocenters. The van der Waals surface area contributed by atoms with Crippen molar-refractivity contribution in [2.45, 2.75) is 26.4 Å². The molecule has 4 rings (SSSR count). The predicted molar refractivity (Wildman–Crippen MR) is 121 cm³/mol. The third-order valence-electron chi connectivity index (χ3n) is 4.63. The maximum Gasteiger partial charge on any atom is 0.415 e. The van der Waals surface area contributed by atoms with Crippen LogP contribution in [0.4, 0.5) is 16.3 Å². The fourth-order valence-electron chi connectivity index (χ4n) is 3.28. The lowest BCUT2D eigenvalue weighted by Gasteiger charge is -2.31. The van der Waals surface area contributed by atoms with E-state index in [-0.39, 0.29) is 0 Å². The molecule has 31 heavy (non-hydrogen) atoms. The number of rotatable bonds is 3. The minimum Gasteiger partial charge on any atom is -0.489 e. The van der Waals surface area contributed by atoms with Gasteiger partial charge in [0, 0.05) is 17.2 Å². The van der Waals surface area contributed by atoms with E-state index in [1.54, 1.807) is 17.2 Å². The van der Waals surface area contributed by atoms with E-state index in [0.717, 1.165) is 16.8 Å². The maximum atomic E-state index is 12.6. The molecule has 1 aliphatic rings. The molecule has 0 aliphatic carbocycles. The molecule has 6 heteroatoms. The predicted octanol–water partition coefficient (Wildman–Crippen LogP) is 5.38. The first-order chi connectivity index (χ1) is 14.9. The molecule has 0 N–H and O–H groups in total. The molecule has 0 radical (unpaired) electrons. The fraction of sp³-hybridized carbons (Fsp3) is 0.240. The Morgan fingerprint density at radius 3 is 2.23 bits per heavy atom. The Hall–Kier alpha value is -3.67. The van der Waals surface area contributed by atoms with Crippen molar-refractivity contribution in [3.63, 3.8) is 0 Å². The summed E-state index contributed by atoms with van der Waals surface area (Å²) in [5, 5.41) is 0. The van der Waals surface area contributed by atoms with Crippen molar-refractivity contribution in [2.24, 2.45) is 4.99 Å². The van der Waals surface area contributed by atoms with Gasteiger partial charge in [-0.05, 0) is 20.8 Å². The summed E-state index contributed by atoms with van der Waals surface area (Å²) in [6.45, 7) is 6.32. The maximum absolute atomic E-state index is 12.6. The van der Waals surface area contributed by atoms with Crippen molar-refractivity contribution in [1.29, 1.82) is 0 Å². The van der Waals surface area contributed by atoms with Crippen LogP contribution in [0.3, 0.4) is 0 Å². The zero-order valence-electron chi connectivity index (χ0n) is 17.9. The molecule has 1 aliphatic heterocycles. The topological polar surface area (TPSA) is 64.0 Å². The number of anilines is 1. The van der Waals surface area contributed by atoms with Gasteiger partial charge in [0.1, 0.15) is 23.6 Å². The van der Waals surface area contributed by atoms with Crippen molar-refractivity contribution in [3.8, 4) is 5.75 Å². The van der Waals surface area contributed by atoms with E-state index in [2.05, 4.69) is 4.98 Å². The van der Waals surface area contributed by atoms with E-state index in [1.807, 2.05) is 81.4 Å². The van der Waals surface area contributed by atoms with Crippen LogP contribution in [-0.4, -0.2) is 35.5 Å². The zero-order valence-corrected chi connectivity index (χ0v) is 17.9. The highest BCUT2D eigenvalue weighted by atomic mass is 16.6. The van der Waals surface area contributed by atoms with Gasteiger partial charge in [0.25, 0.3) is 0 Å². The van der Waals surface area contributed by atoms with Gasteiger partial charge in [-0.3, -0.25) is 4.90 Å². The van der Waals surface area contributed by atoms with E-state index < -0.39 is 11.7 Å². The number of ether oxygens (including phenoxy) is 2. The van der Waals surface area contributed by atoms with E-state index in [0.29, 0.717) is 30.4 Å². The highest BCUT2D eigenvalue weighted by Gasteiger charge is 2.28. The lowest BCUT2D eigenvalue weighted by atomic mass is 10.0. The number of carbonyl (C=O) groups is 1. The summed E-state index contributed by atoms with van der Waals surface area (Å²) < 4.78 is 11.3. The number of amides is 1. The molecule has 0 fully saturated rings. The second kappa shape index (κ2) is 8.60. The molecule has 6 nitrogen and oxygen atoms in total. The second-order valence-corrected chi connectivity index (χ2v) is 8.18. The summed E-state index contributed by atoms with van der Waals surface area (Å²) in [6, 6.07) is 21.7. The van der Waals surface area contributed by atoms with Crippen LogP contribution in [0.1, 0.15) is 31.9 Å². The number of benzene rings is 2. The van der Waals surface area contributed by atoms with Crippen LogP contribution in [0.25, 0.3) is 0 Å². The molecule has 0 unspecified atom stereocenters. The van der Waals surface area contributed by atoms with Gasteiger partial charge in [-0.15, -0.1) is 0 Å². The van der Waals surface area contributed by atoms with E-state index >= 15 is 0 Å². The van der Waals surface area contributed by atoms with Gasteiger partial charge >= 0.3 is 6.09 Å². The third kappa shape index (κ3) is 4.91. The van der Waals surface area contributed by atoms with Gasteiger partial charge in [-0.2, -0.15) is 0 Å². The van der Waals surface area contributed by atoms with Gasteiger partial charge in [0.2, 0.25) is 0 Å². The molecule has 1 aromatic heterocycles. The zero-order chi connectivity index (χ0) is 21.8. The summed E-state index contributed by atoms with van der Waals surface area (Å²) in [7, 11) is 0. The molecule has 1 amide bonds. The Kier molecular flexibility index (Phi) is 5.71. The van der Waals surface area contributed by atoms with Crippen LogP contribution >= 0.6 is 0 Å². The highest BCUT2D eigenvalue weighted by Crippen LogP contribution is 2.34. The van der Waals surface area contributed by atoms with Crippen LogP contribution in [0.15, 0.2) is 77.9 Å². The van der Waals surface area contributed by atoms with Crippen molar-refractivity contribution < 1.29 is 14.3 Å². The number of aromatic nitrogens is 1. The minimum atomic E-state index is -0.576. The summed E-state index contributed by atoms with van der Waals surface area (Å²) in [6.07, 6.45) is 1.20. The SMILES string of the molecule is CC(C)(C)OC(=O)N1CCOc2cc(N=C(c3ccccc3)c3ccccc3)ncc21. The average Bonchev–Trinajstić information content (AvgIpc) is 2.77. The smallest absolute Gasteiger partial charge is 0.415 e. The van der Waals surface area contributed by atoms with Crippen LogP contribution in [0, 0.1) is 0 Å². The van der Waals surface area contributed by atoms with E-state index in [9.17, 15) is 4.79 Å². The Bertz CT molecular complexity index is 1050. The Morgan fingerprint density at radius 1 is 1.03 bits per heavy atom. The normalized spacial score (nSPS) is 13.1. The van der Waals surface area contributed by atoms with Crippen molar-refractivity contribution >= 4 is 23.3 Å². The van der Waals surface area contributed by atoms with E-state index in [4.69, 9.17) is 14.5 Å². The molecular weight excluding hydrogens is 390 g/mol. The molecule has 2 aromatic carbocycles. The first-order valence-corrected chi connectivity index (χ1v) is 10.2. The average molecular weight is 415 g/mol. The number of pyridine rings is 1. The number of hydrogen-bond donors (Lipinski definition) is 0. The number of aliphatic imine (C=N–C) groups is 1. The van der Waals surface area contributed by atoms with Gasteiger partial charge in [0.05, 0.1) is 18.5 Å². The molecule has 158 valence electrons. The molecule has 3 aromatic rings. The summed E-state index contributed by atoms with van der Waals surface area (Å²) in [4.78, 5) is 23.5. The number of nitrogens with zero attached hydrogens (tertiary/aromatic N) is 3. The van der Waals surface area contributed by atoms with Crippen molar-refractivity contribution in [1.82, 2.24) is 4.98 Å². The quantitative estimate of drug-likeness (QED) is 0.539. The van der Waals surface area contributed by atoms with Crippen molar-refractivity contribution in [2.75, 3.05) is 18.1 Å². The number of hydrogen-bond acceptors (Lipinski definition) is 5. The lowest BCUT2D eigenvalue weighted by molar-refractivity contribution is 0.0567. The first kappa shape index (κ1) is 20.6. The third-order valence-corrected chi connectivity index (χ3v) is 4.63. The van der Waals surface area contributed by atoms with Gasteiger partial charge in [-0.25, -0.2) is 14.8 Å². The molecular formula is C25H25N3O3. The summed E-state index contributed by atoms with van der Waals surface area (Å²) in [5.41, 5.74) is 2.80. The van der Waals surface area contributed by atoms with Crippen LogP contribution < -0.4 is 9.64 Å². The minimum absolute atomic E-state index is 0.379. The Balaban J connectivity index is 1.70. The molecule has 0 saturated heterocycles. The second-order valence-electron chi connectivity index (χ2n) is 8.18. The van der Waals surface area contributed by atoms with Crippen molar-refractivity contribution in [3.05, 3.63) is 84.1 Å². The molecule has 0 spiro atoms. The summed E-state index contributed by atoms with van der Waals surface area (Å²) >= 11 is 0. The Morgan fingerprint density at radius 2 is 1.65 bits per heavy atom. The van der Waals surface area contributed by atoms with Crippen LogP contribution in [0.2, 0.25) is 0 Å².